The molecule has 0 radical (unpaired) electrons. The van der Waals surface area contributed by atoms with Gasteiger partial charge in [0.1, 0.15) is 0 Å². The Kier molecular flexibility index (Phi) is 12.6. The van der Waals surface area contributed by atoms with Gasteiger partial charge in [0.15, 0.2) is 17.5 Å². The second kappa shape index (κ2) is 14.9. The molecule has 1 aromatic rings. The molecule has 2 aliphatic rings. The number of ether oxygens (including phenoxy) is 3. The summed E-state index contributed by atoms with van der Waals surface area (Å²) < 4.78 is 16.6. The molecular formula is C24H42IN5O3. The number of likely N-dealkylation sites (tertiary alicyclic amines) is 1. The highest BCUT2D eigenvalue weighted by molar-refractivity contribution is 14.0. The number of methoxy groups -OCH3 is 2. The Balaban J connectivity index is 0.00000385. The topological polar surface area (TPSA) is 70.6 Å². The largest absolute Gasteiger partial charge is 0.493 e. The van der Waals surface area contributed by atoms with E-state index in [1.807, 2.05) is 13.1 Å². The van der Waals surface area contributed by atoms with Crippen LogP contribution in [0.15, 0.2) is 23.2 Å². The van der Waals surface area contributed by atoms with Gasteiger partial charge in [-0.2, -0.15) is 0 Å². The van der Waals surface area contributed by atoms with Gasteiger partial charge in [-0.1, -0.05) is 13.0 Å². The lowest BCUT2D eigenvalue weighted by Crippen LogP contribution is -2.51. The Morgan fingerprint density at radius 1 is 1.12 bits per heavy atom. The fourth-order valence-corrected chi connectivity index (χ4v) is 4.61. The fourth-order valence-electron chi connectivity index (χ4n) is 4.61. The molecule has 2 aliphatic heterocycles. The molecule has 1 unspecified atom stereocenters. The van der Waals surface area contributed by atoms with Crippen molar-refractivity contribution in [3.63, 3.8) is 0 Å². The summed E-state index contributed by atoms with van der Waals surface area (Å²) in [5.41, 5.74) is 1.19. The van der Waals surface area contributed by atoms with E-state index in [4.69, 9.17) is 14.2 Å². The number of nitrogens with one attached hydrogen (secondary N) is 2. The van der Waals surface area contributed by atoms with Crippen LogP contribution < -0.4 is 20.1 Å². The maximum atomic E-state index is 5.59. The number of nitrogens with zero attached hydrogens (tertiary/aromatic N) is 3. The van der Waals surface area contributed by atoms with Crippen LogP contribution >= 0.6 is 24.0 Å². The van der Waals surface area contributed by atoms with Crippen molar-refractivity contribution >= 4 is 29.9 Å². The van der Waals surface area contributed by atoms with Crippen LogP contribution in [0.4, 0.5) is 0 Å². The molecule has 9 heteroatoms. The smallest absolute Gasteiger partial charge is 0.191 e. The SMILES string of the molecule is CCCN1CCC(NC(=NC)NCC(c2ccc(OC)c(OC)c2)N2CCOCC2)CC1.I. The van der Waals surface area contributed by atoms with E-state index in [-0.39, 0.29) is 30.0 Å². The Labute approximate surface area is 216 Å². The third-order valence-electron chi connectivity index (χ3n) is 6.43. The first-order valence-electron chi connectivity index (χ1n) is 11.9. The van der Waals surface area contributed by atoms with E-state index in [0.29, 0.717) is 6.04 Å². The highest BCUT2D eigenvalue weighted by atomic mass is 127. The summed E-state index contributed by atoms with van der Waals surface area (Å²) in [4.78, 5) is 9.52. The fraction of sp³-hybridized carbons (Fsp3) is 0.708. The molecule has 0 aliphatic carbocycles. The molecule has 2 fully saturated rings. The Hall–Kier alpha value is -1.30. The molecule has 0 aromatic heterocycles. The van der Waals surface area contributed by atoms with Gasteiger partial charge in [-0.3, -0.25) is 9.89 Å². The van der Waals surface area contributed by atoms with Crippen LogP contribution in [0.25, 0.3) is 0 Å². The normalized spacial score (nSPS) is 19.5. The van der Waals surface area contributed by atoms with Gasteiger partial charge in [0.25, 0.3) is 0 Å². The van der Waals surface area contributed by atoms with Crippen molar-refractivity contribution < 1.29 is 14.2 Å². The van der Waals surface area contributed by atoms with Gasteiger partial charge in [-0.15, -0.1) is 24.0 Å². The van der Waals surface area contributed by atoms with Gasteiger partial charge >= 0.3 is 0 Å². The highest BCUT2D eigenvalue weighted by Crippen LogP contribution is 2.32. The van der Waals surface area contributed by atoms with Crippen molar-refractivity contribution in [2.45, 2.75) is 38.3 Å². The number of hydrogen-bond donors (Lipinski definition) is 2. The van der Waals surface area contributed by atoms with Gasteiger partial charge < -0.3 is 29.7 Å². The summed E-state index contributed by atoms with van der Waals surface area (Å²) in [5, 5.41) is 7.23. The molecule has 3 rings (SSSR count). The van der Waals surface area contributed by atoms with Crippen LogP contribution in [-0.2, 0) is 4.74 Å². The summed E-state index contributed by atoms with van der Waals surface area (Å²) in [6.45, 7) is 9.84. The molecule has 188 valence electrons. The molecule has 1 aromatic carbocycles. The van der Waals surface area contributed by atoms with Crippen LogP contribution in [0.2, 0.25) is 0 Å². The molecule has 0 amide bonds. The van der Waals surface area contributed by atoms with Crippen LogP contribution in [0, 0.1) is 0 Å². The van der Waals surface area contributed by atoms with Gasteiger partial charge in [0.05, 0.1) is 33.5 Å². The Morgan fingerprint density at radius 3 is 2.42 bits per heavy atom. The van der Waals surface area contributed by atoms with Crippen LogP contribution in [0.5, 0.6) is 11.5 Å². The van der Waals surface area contributed by atoms with E-state index in [1.54, 1.807) is 14.2 Å². The van der Waals surface area contributed by atoms with Crippen LogP contribution in [0.1, 0.15) is 37.8 Å². The Morgan fingerprint density at radius 2 is 1.82 bits per heavy atom. The van der Waals surface area contributed by atoms with Crippen LogP contribution in [-0.4, -0.2) is 95.6 Å². The first kappa shape index (κ1) is 27.9. The molecule has 2 heterocycles. The molecule has 0 saturated carbocycles. The second-order valence-electron chi connectivity index (χ2n) is 8.49. The average Bonchev–Trinajstić information content (AvgIpc) is 2.85. The Bertz CT molecular complexity index is 722. The zero-order valence-electron chi connectivity index (χ0n) is 20.6. The van der Waals surface area contributed by atoms with Crippen molar-refractivity contribution in [3.05, 3.63) is 23.8 Å². The lowest BCUT2D eigenvalue weighted by Gasteiger charge is -2.36. The molecule has 2 saturated heterocycles. The van der Waals surface area contributed by atoms with Gasteiger partial charge in [0, 0.05) is 45.8 Å². The molecule has 0 spiro atoms. The lowest BCUT2D eigenvalue weighted by molar-refractivity contribution is 0.0169. The number of benzene rings is 1. The maximum Gasteiger partial charge on any atom is 0.191 e. The van der Waals surface area contributed by atoms with Crippen molar-refractivity contribution in [3.8, 4) is 11.5 Å². The third-order valence-corrected chi connectivity index (χ3v) is 6.43. The van der Waals surface area contributed by atoms with Crippen molar-refractivity contribution in [2.75, 3.05) is 73.7 Å². The predicted octanol–water partition coefficient (Wildman–Crippen LogP) is 2.73. The quantitative estimate of drug-likeness (QED) is 0.267. The van der Waals surface area contributed by atoms with E-state index in [1.165, 1.54) is 18.5 Å². The first-order valence-corrected chi connectivity index (χ1v) is 11.9. The van der Waals surface area contributed by atoms with Crippen molar-refractivity contribution in [1.82, 2.24) is 20.4 Å². The standard InChI is InChI=1S/C24H41N5O3.HI/c1-5-10-28-11-8-20(9-12-28)27-24(25-2)26-18-21(29-13-15-32-16-14-29)19-6-7-22(30-3)23(17-19)31-4;/h6-7,17,20-21H,5,8-16,18H2,1-4H3,(H2,25,26,27);1H. The lowest BCUT2D eigenvalue weighted by atomic mass is 10.0. The summed E-state index contributed by atoms with van der Waals surface area (Å²) in [6, 6.07) is 6.85. The van der Waals surface area contributed by atoms with E-state index in [2.05, 4.69) is 44.5 Å². The van der Waals surface area contributed by atoms with E-state index in [0.717, 1.165) is 76.2 Å². The second-order valence-corrected chi connectivity index (χ2v) is 8.49. The number of piperidine rings is 1. The molecule has 1 atom stereocenters. The highest BCUT2D eigenvalue weighted by Gasteiger charge is 2.25. The molecule has 8 nitrogen and oxygen atoms in total. The maximum absolute atomic E-state index is 5.59. The number of guanidine groups is 1. The average molecular weight is 576 g/mol. The summed E-state index contributed by atoms with van der Waals surface area (Å²) in [7, 11) is 5.20. The van der Waals surface area contributed by atoms with E-state index < -0.39 is 0 Å². The molecule has 33 heavy (non-hydrogen) atoms. The number of rotatable bonds is 9. The minimum Gasteiger partial charge on any atom is -0.493 e. The van der Waals surface area contributed by atoms with Crippen molar-refractivity contribution in [1.29, 1.82) is 0 Å². The third kappa shape index (κ3) is 8.15. The zero-order chi connectivity index (χ0) is 22.8. The molecular weight excluding hydrogens is 533 g/mol. The zero-order valence-corrected chi connectivity index (χ0v) is 23.0. The monoisotopic (exact) mass is 575 g/mol. The number of aliphatic imine (C=N–C) groups is 1. The van der Waals surface area contributed by atoms with Gasteiger partial charge in [-0.05, 0) is 43.5 Å². The van der Waals surface area contributed by atoms with E-state index >= 15 is 0 Å². The number of hydrogen-bond acceptors (Lipinski definition) is 6. The summed E-state index contributed by atoms with van der Waals surface area (Å²) in [5.74, 6) is 2.37. The first-order chi connectivity index (χ1) is 15.7. The molecule has 2 N–H and O–H groups in total. The molecule has 0 bridgehead atoms. The van der Waals surface area contributed by atoms with Crippen LogP contribution in [0.3, 0.4) is 0 Å². The van der Waals surface area contributed by atoms with Crippen molar-refractivity contribution in [2.24, 2.45) is 4.99 Å². The minimum absolute atomic E-state index is 0. The predicted molar refractivity (Wildman–Crippen MR) is 144 cm³/mol. The number of morpholine rings is 1. The van der Waals surface area contributed by atoms with Gasteiger partial charge in [0.2, 0.25) is 0 Å². The number of halogens is 1. The minimum atomic E-state index is 0. The summed E-state index contributed by atoms with van der Waals surface area (Å²) in [6.07, 6.45) is 3.53. The summed E-state index contributed by atoms with van der Waals surface area (Å²) >= 11 is 0. The van der Waals surface area contributed by atoms with E-state index in [9.17, 15) is 0 Å². The van der Waals surface area contributed by atoms with Gasteiger partial charge in [-0.25, -0.2) is 0 Å².